The molecule has 0 radical (unpaired) electrons. The van der Waals surface area contributed by atoms with Crippen LogP contribution in [-0.2, 0) is 10.2 Å². The van der Waals surface area contributed by atoms with Crippen molar-refractivity contribution in [2.75, 3.05) is 11.9 Å². The highest BCUT2D eigenvalue weighted by Crippen LogP contribution is 2.55. The van der Waals surface area contributed by atoms with Gasteiger partial charge in [-0.1, -0.05) is 30.3 Å². The summed E-state index contributed by atoms with van der Waals surface area (Å²) in [5, 5.41) is 2.96. The van der Waals surface area contributed by atoms with E-state index in [1.165, 1.54) is 18.5 Å². The highest BCUT2D eigenvalue weighted by molar-refractivity contribution is 6.08. The van der Waals surface area contributed by atoms with Gasteiger partial charge in [-0.15, -0.1) is 0 Å². The number of aryl methyl sites for hydroxylation is 1. The van der Waals surface area contributed by atoms with Gasteiger partial charge in [0.1, 0.15) is 11.2 Å². The maximum absolute atomic E-state index is 13.6. The maximum atomic E-state index is 13.6. The van der Waals surface area contributed by atoms with E-state index in [1.807, 2.05) is 24.3 Å². The zero-order valence-electron chi connectivity index (χ0n) is 15.7. The topological polar surface area (TPSA) is 75.4 Å². The Kier molecular flexibility index (Phi) is 3.81. The van der Waals surface area contributed by atoms with Crippen molar-refractivity contribution < 1.29 is 18.4 Å². The molecule has 146 valence electrons. The normalized spacial score (nSPS) is 22.8. The van der Waals surface area contributed by atoms with Gasteiger partial charge in [0.2, 0.25) is 11.7 Å². The van der Waals surface area contributed by atoms with Crippen molar-refractivity contribution in [1.29, 1.82) is 0 Å². The molecule has 3 heterocycles. The van der Waals surface area contributed by atoms with E-state index < -0.39 is 11.5 Å². The van der Waals surface area contributed by atoms with Crippen molar-refractivity contribution >= 4 is 17.5 Å². The third-order valence-electron chi connectivity index (χ3n) is 5.97. The van der Waals surface area contributed by atoms with Gasteiger partial charge >= 0.3 is 0 Å². The lowest BCUT2D eigenvalue weighted by Gasteiger charge is -2.34. The monoisotopic (exact) mass is 391 g/mol. The van der Waals surface area contributed by atoms with Gasteiger partial charge < -0.3 is 14.6 Å². The van der Waals surface area contributed by atoms with E-state index in [2.05, 4.69) is 10.3 Å². The van der Waals surface area contributed by atoms with E-state index in [9.17, 15) is 14.0 Å². The second-order valence-corrected chi connectivity index (χ2v) is 7.44. The molecule has 0 unspecified atom stereocenters. The Morgan fingerprint density at radius 1 is 1.24 bits per heavy atom. The molecule has 2 aliphatic rings. The molecule has 6 nitrogen and oxygen atoms in total. The van der Waals surface area contributed by atoms with E-state index in [4.69, 9.17) is 4.42 Å². The summed E-state index contributed by atoms with van der Waals surface area (Å²) in [4.78, 5) is 32.2. The molecule has 0 saturated carbocycles. The molecule has 0 aliphatic carbocycles. The van der Waals surface area contributed by atoms with Crippen LogP contribution in [-0.4, -0.2) is 28.2 Å². The van der Waals surface area contributed by atoms with Crippen LogP contribution < -0.4 is 5.32 Å². The Hall–Kier alpha value is -3.48. The fourth-order valence-electron chi connectivity index (χ4n) is 4.65. The Balaban J connectivity index is 1.69. The second kappa shape index (κ2) is 6.27. The number of fused-ring (bicyclic) bond motifs is 2. The first-order valence-electron chi connectivity index (χ1n) is 9.40. The average molecular weight is 391 g/mol. The van der Waals surface area contributed by atoms with E-state index >= 15 is 0 Å². The van der Waals surface area contributed by atoms with Gasteiger partial charge in [0.05, 0.1) is 11.7 Å². The summed E-state index contributed by atoms with van der Waals surface area (Å²) in [6.07, 6.45) is 1.69. The first-order chi connectivity index (χ1) is 14.0. The predicted molar refractivity (Wildman–Crippen MR) is 103 cm³/mol. The minimum atomic E-state index is -0.946. The number of anilines is 1. The number of benzene rings is 2. The number of amides is 2. The highest BCUT2D eigenvalue weighted by Gasteiger charge is 2.59. The molecule has 29 heavy (non-hydrogen) atoms. The summed E-state index contributed by atoms with van der Waals surface area (Å²) >= 11 is 0. The number of carbonyl (C=O) groups is 2. The summed E-state index contributed by atoms with van der Waals surface area (Å²) in [6, 6.07) is 12.9. The zero-order valence-corrected chi connectivity index (χ0v) is 15.7. The number of nitrogens with zero attached hydrogens (tertiary/aromatic N) is 2. The van der Waals surface area contributed by atoms with Crippen LogP contribution in [0.2, 0.25) is 0 Å². The number of likely N-dealkylation sites (tertiary alicyclic amines) is 1. The average Bonchev–Trinajstić information content (AvgIpc) is 3.40. The van der Waals surface area contributed by atoms with Crippen LogP contribution in [0.5, 0.6) is 0 Å². The van der Waals surface area contributed by atoms with Crippen LogP contribution in [0.4, 0.5) is 10.1 Å². The predicted octanol–water partition coefficient (Wildman–Crippen LogP) is 3.60. The molecule has 1 saturated heterocycles. The molecule has 1 fully saturated rings. The molecule has 2 aromatic carbocycles. The maximum Gasteiger partial charge on any atom is 0.292 e. The summed E-state index contributed by atoms with van der Waals surface area (Å²) in [7, 11) is 0. The molecule has 2 atom stereocenters. The Morgan fingerprint density at radius 3 is 2.72 bits per heavy atom. The highest BCUT2D eigenvalue weighted by atomic mass is 19.1. The third-order valence-corrected chi connectivity index (χ3v) is 5.97. The van der Waals surface area contributed by atoms with Gasteiger partial charge in [-0.25, -0.2) is 9.37 Å². The van der Waals surface area contributed by atoms with Gasteiger partial charge in [0.25, 0.3) is 5.91 Å². The van der Waals surface area contributed by atoms with Gasteiger partial charge in [-0.05, 0) is 42.7 Å². The molecule has 7 heteroatoms. The van der Waals surface area contributed by atoms with Gasteiger partial charge in [-0.2, -0.15) is 0 Å². The lowest BCUT2D eigenvalue weighted by molar-refractivity contribution is -0.121. The molecule has 1 spiro atoms. The quantitative estimate of drug-likeness (QED) is 0.724. The van der Waals surface area contributed by atoms with E-state index in [-0.39, 0.29) is 23.4 Å². The van der Waals surface area contributed by atoms with Gasteiger partial charge in [-0.3, -0.25) is 9.59 Å². The number of aromatic nitrogens is 1. The number of hydrogen-bond donors (Lipinski definition) is 1. The first-order valence-corrected chi connectivity index (χ1v) is 9.40. The molecular weight excluding hydrogens is 373 g/mol. The number of carbonyl (C=O) groups excluding carboxylic acids is 2. The van der Waals surface area contributed by atoms with Gasteiger partial charge in [0, 0.05) is 12.2 Å². The van der Waals surface area contributed by atoms with Gasteiger partial charge in [0.15, 0.2) is 6.39 Å². The standard InChI is InChI=1S/C22H18FN3O3/c1-13-18(29-12-24-13)20(27)26-11-10-22(19(26)14-6-8-15(23)9-7-14)16-4-2-3-5-17(16)25-21(22)28/h2-9,12,19H,10-11H2,1H3,(H,25,28)/t19-,22+/m0/s1. The second-order valence-electron chi connectivity index (χ2n) is 7.44. The fraction of sp³-hybridized carbons (Fsp3) is 0.227. The summed E-state index contributed by atoms with van der Waals surface area (Å²) < 4.78 is 18.9. The molecule has 1 N–H and O–H groups in total. The lowest BCUT2D eigenvalue weighted by atomic mass is 9.72. The van der Waals surface area contributed by atoms with E-state index in [0.29, 0.717) is 24.2 Å². The number of nitrogens with one attached hydrogen (secondary N) is 1. The van der Waals surface area contributed by atoms with E-state index in [1.54, 1.807) is 24.0 Å². The summed E-state index contributed by atoms with van der Waals surface area (Å²) in [5.74, 6) is -0.706. The molecule has 3 aromatic rings. The molecule has 2 aliphatic heterocycles. The SMILES string of the molecule is Cc1ncoc1C(=O)N1CC[C@]2(C(=O)Nc3ccccc32)[C@@H]1c1ccc(F)cc1. The van der Waals surface area contributed by atoms with Crippen molar-refractivity contribution in [3.63, 3.8) is 0 Å². The Morgan fingerprint density at radius 2 is 2.00 bits per heavy atom. The number of para-hydroxylation sites is 1. The van der Waals surface area contributed by atoms with Crippen molar-refractivity contribution in [2.45, 2.75) is 24.8 Å². The molecular formula is C22H18FN3O3. The summed E-state index contributed by atoms with van der Waals surface area (Å²) in [5.41, 5.74) is 1.84. The van der Waals surface area contributed by atoms with Crippen molar-refractivity contribution in [3.05, 3.63) is 83.3 Å². The largest absolute Gasteiger partial charge is 0.438 e. The molecule has 1 aromatic heterocycles. The fourth-order valence-corrected chi connectivity index (χ4v) is 4.65. The van der Waals surface area contributed by atoms with Crippen molar-refractivity contribution in [1.82, 2.24) is 9.88 Å². The number of hydrogen-bond acceptors (Lipinski definition) is 4. The van der Waals surface area contributed by atoms with Crippen LogP contribution >= 0.6 is 0 Å². The smallest absolute Gasteiger partial charge is 0.292 e. The molecule has 0 bridgehead atoms. The lowest BCUT2D eigenvalue weighted by Crippen LogP contribution is -2.42. The number of halogens is 1. The molecule has 5 rings (SSSR count). The third kappa shape index (κ3) is 2.43. The Labute approximate surface area is 166 Å². The minimum absolute atomic E-state index is 0.154. The van der Waals surface area contributed by atoms with Crippen molar-refractivity contribution in [3.8, 4) is 0 Å². The minimum Gasteiger partial charge on any atom is -0.438 e. The van der Waals surface area contributed by atoms with E-state index in [0.717, 1.165) is 11.3 Å². The van der Waals surface area contributed by atoms with Crippen LogP contribution in [0, 0.1) is 12.7 Å². The number of rotatable bonds is 2. The Bertz CT molecular complexity index is 1120. The number of oxazole rings is 1. The van der Waals surface area contributed by atoms with Crippen molar-refractivity contribution in [2.24, 2.45) is 0 Å². The first kappa shape index (κ1) is 17.6. The van der Waals surface area contributed by atoms with Crippen LogP contribution in [0.25, 0.3) is 0 Å². The van der Waals surface area contributed by atoms with Crippen LogP contribution in [0.15, 0.2) is 59.3 Å². The summed E-state index contributed by atoms with van der Waals surface area (Å²) in [6.45, 7) is 2.07. The van der Waals surface area contributed by atoms with Crippen LogP contribution in [0.3, 0.4) is 0 Å². The zero-order chi connectivity index (χ0) is 20.2. The van der Waals surface area contributed by atoms with Crippen LogP contribution in [0.1, 0.15) is 39.8 Å². The molecule has 2 amide bonds.